The van der Waals surface area contributed by atoms with Crippen LogP contribution in [-0.4, -0.2) is 10.2 Å². The molecule has 1 aliphatic heterocycles. The average molecular weight is 378 g/mol. The predicted octanol–water partition coefficient (Wildman–Crippen LogP) is 5.24. The van der Waals surface area contributed by atoms with Gasteiger partial charge in [-0.2, -0.15) is 0 Å². The monoisotopic (exact) mass is 378 g/mol. The fraction of sp³-hybridized carbons (Fsp3) is 0. The standard InChI is InChI=1S/C12H10O2.H2P2S4/c13-10-7-5-9(6-8-10)11-3-1-2-4-12(11)14;3-1-5-2(4)6-1/h1-8,13-14H;1-2H. The molecule has 0 unspecified atom stereocenters. The molecule has 0 bridgehead atoms. The van der Waals surface area contributed by atoms with Gasteiger partial charge in [0.25, 0.3) is 0 Å². The van der Waals surface area contributed by atoms with Gasteiger partial charge in [0.1, 0.15) is 11.5 Å². The van der Waals surface area contributed by atoms with E-state index in [-0.39, 0.29) is 21.7 Å². The molecule has 2 aromatic rings. The van der Waals surface area contributed by atoms with Crippen molar-refractivity contribution in [3.05, 3.63) is 48.5 Å². The van der Waals surface area contributed by atoms with Crippen molar-refractivity contribution in [2.75, 3.05) is 0 Å². The molecule has 0 aliphatic carbocycles. The lowest BCUT2D eigenvalue weighted by molar-refractivity contribution is 0.474. The van der Waals surface area contributed by atoms with E-state index in [9.17, 15) is 5.11 Å². The Bertz CT molecular complexity index is 624. The van der Waals surface area contributed by atoms with Crippen LogP contribution < -0.4 is 0 Å². The van der Waals surface area contributed by atoms with Crippen LogP contribution in [0.15, 0.2) is 48.5 Å². The molecule has 0 aromatic heterocycles. The number of hydrogen-bond acceptors (Lipinski definition) is 6. The summed E-state index contributed by atoms with van der Waals surface area (Å²) in [5, 5.41) is 17.9. The summed E-state index contributed by atoms with van der Waals surface area (Å²) < 4.78 is 0. The minimum Gasteiger partial charge on any atom is -0.508 e. The van der Waals surface area contributed by atoms with Crippen molar-refractivity contribution in [2.24, 2.45) is 0 Å². The van der Waals surface area contributed by atoms with E-state index in [2.05, 4.69) is 0 Å². The Balaban J connectivity index is 0.000000205. The zero-order valence-corrected chi connectivity index (χ0v) is 15.4. The molecule has 0 spiro atoms. The predicted molar refractivity (Wildman–Crippen MR) is 102 cm³/mol. The number of benzene rings is 2. The van der Waals surface area contributed by atoms with Gasteiger partial charge in [0.15, 0.2) is 0 Å². The fourth-order valence-electron chi connectivity index (χ4n) is 1.50. The van der Waals surface area contributed by atoms with E-state index >= 15 is 0 Å². The van der Waals surface area contributed by atoms with Gasteiger partial charge in [0.05, 0.1) is 10.2 Å². The van der Waals surface area contributed by atoms with E-state index in [0.29, 0.717) is 0 Å². The normalized spacial score (nSPS) is 20.4. The molecular formula is C12H12O2P2S4. The maximum Gasteiger partial charge on any atom is 0.123 e. The molecule has 0 atom stereocenters. The molecule has 0 amide bonds. The first-order valence-corrected chi connectivity index (χ1v) is 15.4. The van der Waals surface area contributed by atoms with Gasteiger partial charge in [-0.05, 0) is 23.8 Å². The van der Waals surface area contributed by atoms with E-state index in [0.717, 1.165) is 11.1 Å². The summed E-state index contributed by atoms with van der Waals surface area (Å²) in [5.41, 5.74) is 1.66. The molecule has 0 radical (unpaired) electrons. The number of phenolic OH excluding ortho intramolecular Hbond substituents is 2. The highest BCUT2D eigenvalue weighted by atomic mass is 33.7. The van der Waals surface area contributed by atoms with Crippen LogP contribution in [0.5, 0.6) is 11.5 Å². The second-order valence-corrected chi connectivity index (χ2v) is 22.1. The highest BCUT2D eigenvalue weighted by Gasteiger charge is 2.12. The SMILES string of the molecule is Oc1ccc(-c2ccccc2O)cc1.S=[PH]1S[PH](=S)S1. The first kappa shape index (κ1) is 16.4. The fourth-order valence-corrected chi connectivity index (χ4v) is 29.5. The molecule has 20 heavy (non-hydrogen) atoms. The third-order valence-electron chi connectivity index (χ3n) is 2.42. The number of rotatable bonds is 1. The van der Waals surface area contributed by atoms with Crippen LogP contribution in [0.1, 0.15) is 0 Å². The van der Waals surface area contributed by atoms with Gasteiger partial charge in [-0.1, -0.05) is 75.9 Å². The Hall–Kier alpha value is 0.0400. The second kappa shape index (κ2) is 7.88. The van der Waals surface area contributed by atoms with Gasteiger partial charge < -0.3 is 10.2 Å². The molecule has 1 fully saturated rings. The molecular weight excluding hydrogens is 366 g/mol. The van der Waals surface area contributed by atoms with Crippen molar-refractivity contribution in [1.82, 2.24) is 0 Å². The largest absolute Gasteiger partial charge is 0.508 e. The lowest BCUT2D eigenvalue weighted by atomic mass is 10.0. The average Bonchev–Trinajstić information content (AvgIpc) is 2.40. The van der Waals surface area contributed by atoms with Gasteiger partial charge in [-0.15, -0.1) is 0 Å². The van der Waals surface area contributed by atoms with Crippen molar-refractivity contribution in [3.63, 3.8) is 0 Å². The van der Waals surface area contributed by atoms with E-state index in [1.54, 1.807) is 36.4 Å². The molecule has 2 nitrogen and oxygen atoms in total. The van der Waals surface area contributed by atoms with Crippen LogP contribution >= 0.6 is 32.2 Å². The van der Waals surface area contributed by atoms with Gasteiger partial charge in [-0.3, -0.25) is 0 Å². The highest BCUT2D eigenvalue weighted by Crippen LogP contribution is 2.85. The smallest absolute Gasteiger partial charge is 0.123 e. The molecule has 2 N–H and O–H groups in total. The topological polar surface area (TPSA) is 40.5 Å². The lowest BCUT2D eigenvalue weighted by Gasteiger charge is -2.13. The number of phenols is 2. The summed E-state index contributed by atoms with van der Waals surface area (Å²) in [5.74, 6) is 0.474. The van der Waals surface area contributed by atoms with Crippen LogP contribution in [0.2, 0.25) is 0 Å². The van der Waals surface area contributed by atoms with Crippen molar-refractivity contribution in [2.45, 2.75) is 0 Å². The minimum absolute atomic E-state index is 0.226. The molecule has 0 saturated carbocycles. The highest BCUT2D eigenvalue weighted by molar-refractivity contribution is 9.39. The zero-order valence-electron chi connectivity index (χ0n) is 10.1. The van der Waals surface area contributed by atoms with Crippen LogP contribution in [0.3, 0.4) is 0 Å². The first-order valence-electron chi connectivity index (χ1n) is 5.57. The molecule has 3 rings (SSSR count). The van der Waals surface area contributed by atoms with Gasteiger partial charge in [-0.25, -0.2) is 0 Å². The van der Waals surface area contributed by atoms with Crippen molar-refractivity contribution in [1.29, 1.82) is 0 Å². The number of aromatic hydroxyl groups is 2. The van der Waals surface area contributed by atoms with Crippen LogP contribution in [0.4, 0.5) is 0 Å². The van der Waals surface area contributed by atoms with Crippen LogP contribution in [0, 0.1) is 0 Å². The summed E-state index contributed by atoms with van der Waals surface area (Å²) in [7, 11) is 0. The minimum atomic E-state index is -0.384. The lowest BCUT2D eigenvalue weighted by Crippen LogP contribution is -1.77. The van der Waals surface area contributed by atoms with Crippen LogP contribution in [0.25, 0.3) is 11.1 Å². The third kappa shape index (κ3) is 4.80. The number of para-hydroxylation sites is 1. The van der Waals surface area contributed by atoms with Crippen molar-refractivity contribution < 1.29 is 10.2 Å². The Morgan fingerprint density at radius 2 is 1.35 bits per heavy atom. The van der Waals surface area contributed by atoms with Gasteiger partial charge in [0.2, 0.25) is 0 Å². The molecule has 1 aliphatic rings. The molecule has 2 aromatic carbocycles. The summed E-state index contributed by atoms with van der Waals surface area (Å²) in [4.78, 5) is 0. The van der Waals surface area contributed by atoms with Crippen LogP contribution in [-0.2, 0) is 23.6 Å². The Labute approximate surface area is 136 Å². The summed E-state index contributed by atoms with van der Waals surface area (Å²) in [6.45, 7) is 0. The van der Waals surface area contributed by atoms with Gasteiger partial charge in [0, 0.05) is 5.56 Å². The maximum absolute atomic E-state index is 9.57. The van der Waals surface area contributed by atoms with Gasteiger partial charge >= 0.3 is 0 Å². The maximum atomic E-state index is 9.57. The molecule has 1 heterocycles. The summed E-state index contributed by atoms with van der Waals surface area (Å²) in [6.07, 6.45) is 0. The van der Waals surface area contributed by atoms with E-state index < -0.39 is 0 Å². The zero-order chi connectivity index (χ0) is 14.5. The Morgan fingerprint density at radius 1 is 0.800 bits per heavy atom. The third-order valence-corrected chi connectivity index (χ3v) is 29.1. The van der Waals surface area contributed by atoms with Crippen molar-refractivity contribution >= 4 is 55.8 Å². The molecule has 106 valence electrons. The quantitative estimate of drug-likeness (QED) is 0.661. The summed E-state index contributed by atoms with van der Waals surface area (Å²) in [6, 6.07) is 13.9. The Kier molecular flexibility index (Phi) is 6.47. The van der Waals surface area contributed by atoms with E-state index in [1.807, 2.05) is 34.1 Å². The number of hydrogen-bond donors (Lipinski definition) is 2. The van der Waals surface area contributed by atoms with E-state index in [4.69, 9.17) is 28.7 Å². The molecule has 1 saturated heterocycles. The van der Waals surface area contributed by atoms with E-state index in [1.165, 1.54) is 0 Å². The molecule has 8 heteroatoms. The Morgan fingerprint density at radius 3 is 1.80 bits per heavy atom. The van der Waals surface area contributed by atoms with Crippen molar-refractivity contribution in [3.8, 4) is 22.6 Å². The first-order chi connectivity index (χ1) is 9.56. The second-order valence-electron chi connectivity index (χ2n) is 3.77. The summed E-state index contributed by atoms with van der Waals surface area (Å²) >= 11 is 13.6.